The Kier molecular flexibility index (Phi) is 11.4. The molecule has 34 heavy (non-hydrogen) atoms. The number of hydrogen-bond acceptors (Lipinski definition) is 9. The van der Waals surface area contributed by atoms with Crippen molar-refractivity contribution < 1.29 is 33.5 Å². The van der Waals surface area contributed by atoms with Gasteiger partial charge < -0.3 is 9.47 Å². The molecule has 0 saturated heterocycles. The molecule has 11 nitrogen and oxygen atoms in total. The average Bonchev–Trinajstić information content (AvgIpc) is 2.85. The first-order valence-electron chi connectivity index (χ1n) is 10.8. The van der Waals surface area contributed by atoms with Gasteiger partial charge in [-0.2, -0.15) is 4.79 Å². The number of ether oxygens (including phenoxy) is 2. The Morgan fingerprint density at radius 1 is 0.676 bits per heavy atom. The van der Waals surface area contributed by atoms with Crippen molar-refractivity contribution >= 4 is 18.0 Å². The normalized spacial score (nSPS) is 10.9. The zero-order valence-electron chi connectivity index (χ0n) is 19.0. The third-order valence-electron chi connectivity index (χ3n) is 4.24. The topological polar surface area (TPSA) is 138 Å². The predicted octanol–water partition coefficient (Wildman–Crippen LogP) is 5.91. The summed E-state index contributed by atoms with van der Waals surface area (Å²) in [5, 5.41) is 12.6. The van der Waals surface area contributed by atoms with Crippen molar-refractivity contribution in [1.29, 1.82) is 0 Å². The van der Waals surface area contributed by atoms with Crippen LogP contribution in [0.2, 0.25) is 0 Å². The summed E-state index contributed by atoms with van der Waals surface area (Å²) in [7, 11) is 0. The van der Waals surface area contributed by atoms with Crippen LogP contribution in [0.1, 0.15) is 60.2 Å². The summed E-state index contributed by atoms with van der Waals surface area (Å²) in [4.78, 5) is 44.5. The summed E-state index contributed by atoms with van der Waals surface area (Å²) in [6, 6.07) is 12.9. The third-order valence-corrected chi connectivity index (χ3v) is 4.24. The van der Waals surface area contributed by atoms with Crippen LogP contribution in [0.5, 0.6) is 11.5 Å². The monoisotopic (exact) mass is 470 g/mol. The van der Waals surface area contributed by atoms with Crippen LogP contribution < -0.4 is 9.47 Å². The summed E-state index contributed by atoms with van der Waals surface area (Å²) in [6.45, 7) is 4.92. The molecule has 2 rings (SSSR count). The minimum absolute atomic E-state index is 0.157. The van der Waals surface area contributed by atoms with E-state index in [-0.39, 0.29) is 11.1 Å². The molecule has 2 aromatic carbocycles. The number of hydrogen-bond donors (Lipinski definition) is 0. The molecule has 0 fully saturated rings. The molecule has 11 heteroatoms. The van der Waals surface area contributed by atoms with E-state index in [0.29, 0.717) is 24.7 Å². The molecule has 0 radical (unpaired) electrons. The van der Waals surface area contributed by atoms with Crippen LogP contribution in [0.4, 0.5) is 4.79 Å². The van der Waals surface area contributed by atoms with Gasteiger partial charge in [-0.3, -0.25) is 19.3 Å². The number of rotatable bonds is 12. The number of nitrogens with zero attached hydrogens (tertiary/aromatic N) is 4. The van der Waals surface area contributed by atoms with Gasteiger partial charge in [0.1, 0.15) is 11.5 Å². The molecule has 0 saturated carbocycles. The molecular weight excluding hydrogens is 444 g/mol. The number of amides is 2. The molecule has 0 spiro atoms. The second-order valence-corrected chi connectivity index (χ2v) is 6.80. The molecule has 0 heterocycles. The van der Waals surface area contributed by atoms with Gasteiger partial charge in [0.2, 0.25) is 0 Å². The van der Waals surface area contributed by atoms with Crippen molar-refractivity contribution in [2.24, 2.45) is 20.8 Å². The molecule has 0 bridgehead atoms. The van der Waals surface area contributed by atoms with E-state index in [0.717, 1.165) is 25.7 Å². The van der Waals surface area contributed by atoms with E-state index >= 15 is 0 Å². The van der Waals surface area contributed by atoms with Crippen LogP contribution in [0.3, 0.4) is 0 Å². The molecular formula is C23H26N4O7. The molecule has 0 unspecified atom stereocenters. The van der Waals surface area contributed by atoms with Crippen molar-refractivity contribution in [2.45, 2.75) is 39.5 Å². The highest BCUT2D eigenvalue weighted by Crippen LogP contribution is 2.20. The summed E-state index contributed by atoms with van der Waals surface area (Å²) in [5.41, 5.74) is 0.314. The van der Waals surface area contributed by atoms with E-state index < -0.39 is 18.0 Å². The second kappa shape index (κ2) is 14.8. The van der Waals surface area contributed by atoms with Crippen LogP contribution in [0.15, 0.2) is 69.3 Å². The summed E-state index contributed by atoms with van der Waals surface area (Å²) in [5.74, 6) is -0.879. The van der Waals surface area contributed by atoms with Gasteiger partial charge in [0, 0.05) is 10.6 Å². The van der Waals surface area contributed by atoms with E-state index in [1.54, 1.807) is 36.4 Å². The Labute approximate surface area is 196 Å². The van der Waals surface area contributed by atoms with Gasteiger partial charge in [0.15, 0.2) is 0 Å². The van der Waals surface area contributed by atoms with Crippen LogP contribution >= 0.6 is 0 Å². The average molecular weight is 470 g/mol. The molecule has 180 valence electrons. The minimum atomic E-state index is -1.44. The number of carbonyl (C=O) groups is 3. The maximum atomic E-state index is 12.2. The van der Waals surface area contributed by atoms with Crippen LogP contribution in [-0.4, -0.2) is 31.2 Å². The van der Waals surface area contributed by atoms with Crippen molar-refractivity contribution in [3.05, 3.63) is 59.7 Å². The third kappa shape index (κ3) is 8.77. The number of carbonyl (C=O) groups excluding carboxylic acids is 3. The smallest absolute Gasteiger partial charge is 0.493 e. The van der Waals surface area contributed by atoms with Crippen molar-refractivity contribution in [3.63, 3.8) is 0 Å². The fourth-order valence-corrected chi connectivity index (χ4v) is 2.50. The largest absolute Gasteiger partial charge is 0.565 e. The Hall–Kier alpha value is -4.15. The van der Waals surface area contributed by atoms with Crippen LogP contribution in [0, 0.1) is 0 Å². The SMILES string of the molecule is CCCCOc1ccccc1C(=O)N=NOC(=O)ON=NC(=O)c1ccccc1OCCCC. The number of unbranched alkanes of at least 4 members (excludes halogenated alkanes) is 2. The van der Waals surface area contributed by atoms with Crippen LogP contribution in [-0.2, 0) is 9.68 Å². The van der Waals surface area contributed by atoms with E-state index in [4.69, 9.17) is 9.47 Å². The second-order valence-electron chi connectivity index (χ2n) is 6.80. The van der Waals surface area contributed by atoms with Gasteiger partial charge in [-0.1, -0.05) is 61.2 Å². The van der Waals surface area contributed by atoms with Gasteiger partial charge in [-0.25, -0.2) is 0 Å². The molecule has 0 aliphatic heterocycles. The summed E-state index contributed by atoms with van der Waals surface area (Å²) >= 11 is 0. The number of para-hydroxylation sites is 2. The lowest BCUT2D eigenvalue weighted by molar-refractivity contribution is 0.0450. The standard InChI is InChI=1S/C23H26N4O7/c1-3-5-15-31-19-13-9-7-11-17(19)21(28)24-26-33-23(30)34-27-25-22(29)18-12-8-10-14-20(18)32-16-6-4-2/h7-14H,3-6,15-16H2,1-2H3. The van der Waals surface area contributed by atoms with E-state index in [1.165, 1.54) is 12.1 Å². The van der Waals surface area contributed by atoms with E-state index in [2.05, 4.69) is 30.5 Å². The maximum absolute atomic E-state index is 12.2. The summed E-state index contributed by atoms with van der Waals surface area (Å²) in [6.07, 6.45) is 2.09. The first-order valence-corrected chi connectivity index (χ1v) is 10.8. The van der Waals surface area contributed by atoms with Crippen molar-refractivity contribution in [2.75, 3.05) is 13.2 Å². The van der Waals surface area contributed by atoms with Gasteiger partial charge in [-0.05, 0) is 37.1 Å². The molecule has 2 aromatic rings. The zero-order valence-corrected chi connectivity index (χ0v) is 19.0. The summed E-state index contributed by atoms with van der Waals surface area (Å²) < 4.78 is 11.1. The molecule has 0 atom stereocenters. The Bertz CT molecular complexity index is 944. The first-order chi connectivity index (χ1) is 16.6. The van der Waals surface area contributed by atoms with Gasteiger partial charge in [0.25, 0.3) is 0 Å². The molecule has 0 aromatic heterocycles. The predicted molar refractivity (Wildman–Crippen MR) is 120 cm³/mol. The van der Waals surface area contributed by atoms with Crippen molar-refractivity contribution in [1.82, 2.24) is 0 Å². The molecule has 2 amide bonds. The first kappa shape index (κ1) is 26.1. The lowest BCUT2D eigenvalue weighted by atomic mass is 10.2. The fourth-order valence-electron chi connectivity index (χ4n) is 2.50. The zero-order chi connectivity index (χ0) is 24.6. The van der Waals surface area contributed by atoms with E-state index in [9.17, 15) is 14.4 Å². The highest BCUT2D eigenvalue weighted by molar-refractivity contribution is 5.97. The minimum Gasteiger partial charge on any atom is -0.493 e. The molecule has 0 aliphatic carbocycles. The van der Waals surface area contributed by atoms with Gasteiger partial charge >= 0.3 is 18.0 Å². The van der Waals surface area contributed by atoms with Gasteiger partial charge in [0.05, 0.1) is 24.3 Å². The highest BCUT2D eigenvalue weighted by atomic mass is 16.9. The maximum Gasteiger partial charge on any atom is 0.565 e. The van der Waals surface area contributed by atoms with E-state index in [1.807, 2.05) is 13.8 Å². The Morgan fingerprint density at radius 2 is 1.09 bits per heavy atom. The Morgan fingerprint density at radius 3 is 1.50 bits per heavy atom. The molecule has 0 aliphatic rings. The lowest BCUT2D eigenvalue weighted by Gasteiger charge is -2.08. The molecule has 0 N–H and O–H groups in total. The van der Waals surface area contributed by atoms with Gasteiger partial charge in [-0.15, -0.1) is 0 Å². The quantitative estimate of drug-likeness (QED) is 0.213. The van der Waals surface area contributed by atoms with Crippen molar-refractivity contribution in [3.8, 4) is 11.5 Å². The Balaban J connectivity index is 1.86. The number of benzene rings is 2. The lowest BCUT2D eigenvalue weighted by Crippen LogP contribution is -2.04. The van der Waals surface area contributed by atoms with Crippen LogP contribution in [0.25, 0.3) is 0 Å². The highest BCUT2D eigenvalue weighted by Gasteiger charge is 2.14. The fraction of sp³-hybridized carbons (Fsp3) is 0.348.